The fourth-order valence-electron chi connectivity index (χ4n) is 1.32. The molecule has 0 amide bonds. The second-order valence-corrected chi connectivity index (χ2v) is 4.88. The third kappa shape index (κ3) is 2.09. The summed E-state index contributed by atoms with van der Waals surface area (Å²) < 4.78 is 1.02. The Kier molecular flexibility index (Phi) is 2.85. The van der Waals surface area contributed by atoms with E-state index in [0.717, 1.165) is 21.3 Å². The Labute approximate surface area is 100 Å². The number of halogens is 1. The van der Waals surface area contributed by atoms with Crippen molar-refractivity contribution in [1.29, 1.82) is 5.26 Å². The predicted molar refractivity (Wildman–Crippen MR) is 64.7 cm³/mol. The Morgan fingerprint density at radius 3 is 2.93 bits per heavy atom. The Bertz CT molecular complexity index is 540. The van der Waals surface area contributed by atoms with Gasteiger partial charge in [-0.3, -0.25) is 0 Å². The van der Waals surface area contributed by atoms with Crippen molar-refractivity contribution >= 4 is 27.3 Å². The van der Waals surface area contributed by atoms with Gasteiger partial charge < -0.3 is 0 Å². The topological polar surface area (TPSA) is 36.7 Å². The van der Waals surface area contributed by atoms with Crippen LogP contribution in [0.1, 0.15) is 10.6 Å². The smallest absolute Gasteiger partial charge is 0.194 e. The van der Waals surface area contributed by atoms with E-state index in [1.807, 2.05) is 36.6 Å². The zero-order valence-electron chi connectivity index (χ0n) is 7.99. The van der Waals surface area contributed by atoms with Gasteiger partial charge in [0.15, 0.2) is 5.01 Å². The van der Waals surface area contributed by atoms with Crippen LogP contribution in [-0.4, -0.2) is 4.98 Å². The molecule has 0 spiro atoms. The fourth-order valence-corrected chi connectivity index (χ4v) is 2.29. The summed E-state index contributed by atoms with van der Waals surface area (Å²) in [5.41, 5.74) is 3.10. The maximum atomic E-state index is 8.71. The molecular formula is C11H7BrN2S. The molecule has 0 unspecified atom stereocenters. The van der Waals surface area contributed by atoms with Crippen molar-refractivity contribution in [2.24, 2.45) is 0 Å². The van der Waals surface area contributed by atoms with Crippen LogP contribution in [0.2, 0.25) is 0 Å². The lowest BCUT2D eigenvalue weighted by Gasteiger charge is -2.02. The number of hydrogen-bond donors (Lipinski definition) is 0. The molecule has 2 rings (SSSR count). The second-order valence-electron chi connectivity index (χ2n) is 3.11. The van der Waals surface area contributed by atoms with Crippen molar-refractivity contribution in [3.63, 3.8) is 0 Å². The molecule has 0 atom stereocenters. The lowest BCUT2D eigenvalue weighted by molar-refractivity contribution is 1.33. The van der Waals surface area contributed by atoms with E-state index < -0.39 is 0 Å². The van der Waals surface area contributed by atoms with E-state index in [2.05, 4.69) is 20.9 Å². The molecule has 2 nitrogen and oxygen atoms in total. The molecule has 2 aromatic rings. The molecule has 0 saturated heterocycles. The van der Waals surface area contributed by atoms with Crippen LogP contribution in [0.25, 0.3) is 11.3 Å². The van der Waals surface area contributed by atoms with E-state index in [4.69, 9.17) is 5.26 Å². The number of aromatic nitrogens is 1. The van der Waals surface area contributed by atoms with E-state index in [0.29, 0.717) is 5.01 Å². The molecule has 0 aliphatic carbocycles. The average molecular weight is 279 g/mol. The number of nitriles is 1. The first-order valence-corrected chi connectivity index (χ1v) is 6.00. The van der Waals surface area contributed by atoms with Gasteiger partial charge in [-0.2, -0.15) is 5.26 Å². The van der Waals surface area contributed by atoms with Crippen LogP contribution < -0.4 is 0 Å². The van der Waals surface area contributed by atoms with Crippen LogP contribution in [-0.2, 0) is 0 Å². The van der Waals surface area contributed by atoms with Gasteiger partial charge in [0.1, 0.15) is 6.07 Å². The molecule has 0 fully saturated rings. The van der Waals surface area contributed by atoms with Crippen molar-refractivity contribution in [3.05, 3.63) is 38.6 Å². The zero-order chi connectivity index (χ0) is 10.8. The van der Waals surface area contributed by atoms with Crippen molar-refractivity contribution in [2.75, 3.05) is 0 Å². The Balaban J connectivity index is 2.54. The molecule has 0 saturated carbocycles. The summed E-state index contributed by atoms with van der Waals surface area (Å²) in [5, 5.41) is 11.1. The van der Waals surface area contributed by atoms with E-state index in [1.165, 1.54) is 11.3 Å². The van der Waals surface area contributed by atoms with Gasteiger partial charge in [0.25, 0.3) is 0 Å². The molecule has 1 aromatic heterocycles. The number of thiazole rings is 1. The lowest BCUT2D eigenvalue weighted by Crippen LogP contribution is -1.83. The third-order valence-corrected chi connectivity index (χ3v) is 3.32. The maximum Gasteiger partial charge on any atom is 0.194 e. The molecule has 0 N–H and O–H groups in total. The maximum absolute atomic E-state index is 8.71. The molecule has 1 heterocycles. The molecule has 0 bridgehead atoms. The Hall–Kier alpha value is -1.18. The molecule has 0 radical (unpaired) electrons. The fraction of sp³-hybridized carbons (Fsp3) is 0.0909. The summed E-state index contributed by atoms with van der Waals surface area (Å²) in [6.45, 7) is 2.03. The number of benzene rings is 1. The van der Waals surface area contributed by atoms with Crippen molar-refractivity contribution in [3.8, 4) is 17.3 Å². The molecule has 0 aliphatic rings. The first kappa shape index (κ1) is 10.3. The quantitative estimate of drug-likeness (QED) is 0.797. The molecule has 74 valence electrons. The van der Waals surface area contributed by atoms with Crippen LogP contribution in [0.4, 0.5) is 0 Å². The zero-order valence-corrected chi connectivity index (χ0v) is 10.4. The molecule has 15 heavy (non-hydrogen) atoms. The Morgan fingerprint density at radius 2 is 2.27 bits per heavy atom. The van der Waals surface area contributed by atoms with Crippen molar-refractivity contribution < 1.29 is 0 Å². The highest BCUT2D eigenvalue weighted by Crippen LogP contribution is 2.27. The van der Waals surface area contributed by atoms with E-state index in [1.54, 1.807) is 0 Å². The highest BCUT2D eigenvalue weighted by atomic mass is 79.9. The summed E-state index contributed by atoms with van der Waals surface area (Å²) in [4.78, 5) is 4.24. The van der Waals surface area contributed by atoms with Gasteiger partial charge >= 0.3 is 0 Å². The van der Waals surface area contributed by atoms with E-state index in [-0.39, 0.29) is 0 Å². The summed E-state index contributed by atoms with van der Waals surface area (Å²) >= 11 is 4.80. The first-order chi connectivity index (χ1) is 7.20. The standard InChI is InChI=1S/C11H7BrN2S/c1-7-2-3-8(12)4-9(7)10-6-15-11(5-13)14-10/h2-4,6H,1H3. The third-order valence-electron chi connectivity index (χ3n) is 2.08. The van der Waals surface area contributed by atoms with E-state index in [9.17, 15) is 0 Å². The van der Waals surface area contributed by atoms with Crippen LogP contribution in [0.15, 0.2) is 28.1 Å². The highest BCUT2D eigenvalue weighted by molar-refractivity contribution is 9.10. The molecule has 1 aromatic carbocycles. The van der Waals surface area contributed by atoms with Crippen LogP contribution >= 0.6 is 27.3 Å². The van der Waals surface area contributed by atoms with Gasteiger partial charge in [-0.1, -0.05) is 22.0 Å². The molecule has 0 aliphatic heterocycles. The summed E-state index contributed by atoms with van der Waals surface area (Å²) in [7, 11) is 0. The number of rotatable bonds is 1. The largest absolute Gasteiger partial charge is 0.226 e. The number of hydrogen-bond acceptors (Lipinski definition) is 3. The summed E-state index contributed by atoms with van der Waals surface area (Å²) in [6, 6.07) is 8.10. The van der Waals surface area contributed by atoms with E-state index >= 15 is 0 Å². The van der Waals surface area contributed by atoms with Gasteiger partial charge in [-0.15, -0.1) is 11.3 Å². The minimum Gasteiger partial charge on any atom is -0.226 e. The molecule has 4 heteroatoms. The minimum absolute atomic E-state index is 0.504. The SMILES string of the molecule is Cc1ccc(Br)cc1-c1csc(C#N)n1. The van der Waals surface area contributed by atoms with Crippen LogP contribution in [0.3, 0.4) is 0 Å². The van der Waals surface area contributed by atoms with Gasteiger partial charge in [0, 0.05) is 15.4 Å². The monoisotopic (exact) mass is 278 g/mol. The van der Waals surface area contributed by atoms with Gasteiger partial charge in [-0.25, -0.2) is 4.98 Å². The molecular weight excluding hydrogens is 272 g/mol. The van der Waals surface area contributed by atoms with Gasteiger partial charge in [0.2, 0.25) is 0 Å². The average Bonchev–Trinajstić information content (AvgIpc) is 2.70. The summed E-state index contributed by atoms with van der Waals surface area (Å²) in [5.74, 6) is 0. The predicted octanol–water partition coefficient (Wildman–Crippen LogP) is 3.75. The number of aryl methyl sites for hydroxylation is 1. The summed E-state index contributed by atoms with van der Waals surface area (Å²) in [6.07, 6.45) is 0. The normalized spacial score (nSPS) is 9.93. The van der Waals surface area contributed by atoms with Gasteiger partial charge in [-0.05, 0) is 24.6 Å². The second kappa shape index (κ2) is 4.13. The minimum atomic E-state index is 0.504. The first-order valence-electron chi connectivity index (χ1n) is 4.33. The Morgan fingerprint density at radius 1 is 1.47 bits per heavy atom. The highest BCUT2D eigenvalue weighted by Gasteiger charge is 2.07. The van der Waals surface area contributed by atoms with Gasteiger partial charge in [0.05, 0.1) is 5.69 Å². The van der Waals surface area contributed by atoms with Crippen LogP contribution in [0, 0.1) is 18.3 Å². The van der Waals surface area contributed by atoms with Crippen molar-refractivity contribution in [1.82, 2.24) is 4.98 Å². The lowest BCUT2D eigenvalue weighted by atomic mass is 10.1. The van der Waals surface area contributed by atoms with Crippen molar-refractivity contribution in [2.45, 2.75) is 6.92 Å². The van der Waals surface area contributed by atoms with Crippen LogP contribution in [0.5, 0.6) is 0 Å². The number of nitrogens with zero attached hydrogens (tertiary/aromatic N) is 2.